The second-order valence-electron chi connectivity index (χ2n) is 6.74. The number of hydrogen-bond donors (Lipinski definition) is 1. The molecule has 0 bridgehead atoms. The molecular formula is C18H26N6O. The van der Waals surface area contributed by atoms with Crippen molar-refractivity contribution in [2.75, 3.05) is 19.6 Å². The van der Waals surface area contributed by atoms with Gasteiger partial charge in [-0.25, -0.2) is 0 Å². The van der Waals surface area contributed by atoms with Crippen LogP contribution in [0.5, 0.6) is 0 Å². The average molecular weight is 342 g/mol. The van der Waals surface area contributed by atoms with Gasteiger partial charge in [0.15, 0.2) is 0 Å². The number of rotatable bonds is 6. The Morgan fingerprint density at radius 2 is 2.08 bits per heavy atom. The number of tetrazole rings is 1. The number of nitrogens with zero attached hydrogens (tertiary/aromatic N) is 5. The topological polar surface area (TPSA) is 75.9 Å². The largest absolute Gasteiger partial charge is 0.350 e. The standard InChI is InChI=1S/C18H26N6O/c1-4-23-11-5-6-16(23)12-19-18(25)15-9-7-14(8-10-15)17-20-22-24(21-17)13(2)3/h7-10,13,16H,4-6,11-12H2,1-3H3,(H,19,25)/t16-/m0/s1. The predicted molar refractivity (Wildman–Crippen MR) is 96.2 cm³/mol. The molecule has 1 aliphatic heterocycles. The summed E-state index contributed by atoms with van der Waals surface area (Å²) in [4.78, 5) is 16.4. The molecule has 7 heteroatoms. The molecule has 0 saturated carbocycles. The molecule has 0 aliphatic carbocycles. The third kappa shape index (κ3) is 4.04. The van der Waals surface area contributed by atoms with Crippen molar-refractivity contribution in [3.05, 3.63) is 29.8 Å². The van der Waals surface area contributed by atoms with E-state index in [1.165, 1.54) is 6.42 Å². The predicted octanol–water partition coefficient (Wildman–Crippen LogP) is 2.14. The molecule has 0 radical (unpaired) electrons. The average Bonchev–Trinajstić information content (AvgIpc) is 3.29. The quantitative estimate of drug-likeness (QED) is 0.870. The Morgan fingerprint density at radius 3 is 2.72 bits per heavy atom. The second-order valence-corrected chi connectivity index (χ2v) is 6.74. The van der Waals surface area contributed by atoms with Crippen LogP contribution in [0.3, 0.4) is 0 Å². The van der Waals surface area contributed by atoms with Gasteiger partial charge in [-0.2, -0.15) is 4.80 Å². The van der Waals surface area contributed by atoms with Crippen molar-refractivity contribution in [3.8, 4) is 11.4 Å². The van der Waals surface area contributed by atoms with Gasteiger partial charge in [0.2, 0.25) is 5.82 Å². The van der Waals surface area contributed by atoms with Gasteiger partial charge in [-0.05, 0) is 57.1 Å². The highest BCUT2D eigenvalue weighted by Gasteiger charge is 2.23. The zero-order valence-corrected chi connectivity index (χ0v) is 15.1. The van der Waals surface area contributed by atoms with Crippen LogP contribution in [0, 0.1) is 0 Å². The molecule has 1 N–H and O–H groups in total. The Balaban J connectivity index is 1.60. The van der Waals surface area contributed by atoms with Crippen molar-refractivity contribution in [2.24, 2.45) is 0 Å². The molecule has 1 fully saturated rings. The molecular weight excluding hydrogens is 316 g/mol. The van der Waals surface area contributed by atoms with Crippen LogP contribution in [0.1, 0.15) is 50.0 Å². The van der Waals surface area contributed by atoms with Gasteiger partial charge in [0.1, 0.15) is 0 Å². The van der Waals surface area contributed by atoms with E-state index in [9.17, 15) is 4.79 Å². The van der Waals surface area contributed by atoms with Gasteiger partial charge >= 0.3 is 0 Å². The highest BCUT2D eigenvalue weighted by molar-refractivity contribution is 5.94. The summed E-state index contributed by atoms with van der Waals surface area (Å²) in [5, 5.41) is 15.5. The van der Waals surface area contributed by atoms with E-state index < -0.39 is 0 Å². The Morgan fingerprint density at radius 1 is 1.32 bits per heavy atom. The lowest BCUT2D eigenvalue weighted by Gasteiger charge is -2.22. The summed E-state index contributed by atoms with van der Waals surface area (Å²) in [5.74, 6) is 0.540. The first-order valence-corrected chi connectivity index (χ1v) is 9.00. The number of likely N-dealkylation sites (tertiary alicyclic amines) is 1. The Kier molecular flexibility index (Phi) is 5.43. The van der Waals surface area contributed by atoms with Gasteiger partial charge in [-0.15, -0.1) is 10.2 Å². The molecule has 0 unspecified atom stereocenters. The molecule has 1 aliphatic rings. The molecule has 2 aromatic rings. The first-order valence-electron chi connectivity index (χ1n) is 9.00. The summed E-state index contributed by atoms with van der Waals surface area (Å²) in [5.41, 5.74) is 1.51. The number of aromatic nitrogens is 4. The van der Waals surface area contributed by atoms with Crippen LogP contribution in [0.25, 0.3) is 11.4 Å². The Labute approximate surface area is 148 Å². The highest BCUT2D eigenvalue weighted by atomic mass is 16.1. The summed E-state index contributed by atoms with van der Waals surface area (Å²) in [6, 6.07) is 7.99. The fraction of sp³-hybridized carbons (Fsp3) is 0.556. The maximum atomic E-state index is 12.4. The molecule has 3 rings (SSSR count). The maximum Gasteiger partial charge on any atom is 0.251 e. The zero-order valence-electron chi connectivity index (χ0n) is 15.1. The molecule has 1 aromatic heterocycles. The number of hydrogen-bond acceptors (Lipinski definition) is 5. The summed E-state index contributed by atoms with van der Waals surface area (Å²) in [6.07, 6.45) is 2.37. The molecule has 25 heavy (non-hydrogen) atoms. The van der Waals surface area contributed by atoms with Crippen molar-refractivity contribution in [2.45, 2.75) is 45.7 Å². The summed E-state index contributed by atoms with van der Waals surface area (Å²) >= 11 is 0. The number of benzene rings is 1. The smallest absolute Gasteiger partial charge is 0.251 e. The van der Waals surface area contributed by atoms with Gasteiger partial charge in [0.25, 0.3) is 5.91 Å². The van der Waals surface area contributed by atoms with Gasteiger partial charge in [0, 0.05) is 23.7 Å². The van der Waals surface area contributed by atoms with E-state index in [2.05, 4.69) is 32.6 Å². The molecule has 134 valence electrons. The van der Waals surface area contributed by atoms with E-state index in [4.69, 9.17) is 0 Å². The van der Waals surface area contributed by atoms with E-state index in [1.54, 1.807) is 4.80 Å². The minimum absolute atomic E-state index is 0.0340. The van der Waals surface area contributed by atoms with E-state index in [-0.39, 0.29) is 11.9 Å². The second kappa shape index (κ2) is 7.74. The zero-order chi connectivity index (χ0) is 17.8. The molecule has 0 spiro atoms. The van der Waals surface area contributed by atoms with E-state index >= 15 is 0 Å². The number of carbonyl (C=O) groups is 1. The lowest BCUT2D eigenvalue weighted by atomic mass is 10.1. The molecule has 1 atom stereocenters. The number of likely N-dealkylation sites (N-methyl/N-ethyl adjacent to an activating group) is 1. The van der Waals surface area contributed by atoms with Crippen molar-refractivity contribution in [1.29, 1.82) is 0 Å². The normalized spacial score (nSPS) is 18.0. The molecule has 1 saturated heterocycles. The highest BCUT2D eigenvalue weighted by Crippen LogP contribution is 2.17. The van der Waals surface area contributed by atoms with Crippen molar-refractivity contribution >= 4 is 5.91 Å². The number of amides is 1. The van der Waals surface area contributed by atoms with Gasteiger partial charge < -0.3 is 5.32 Å². The van der Waals surface area contributed by atoms with Gasteiger partial charge in [-0.3, -0.25) is 9.69 Å². The van der Waals surface area contributed by atoms with Crippen LogP contribution in [-0.2, 0) is 0 Å². The Bertz CT molecular complexity index is 709. The molecule has 1 aromatic carbocycles. The number of nitrogens with one attached hydrogen (secondary N) is 1. The van der Waals surface area contributed by atoms with Crippen molar-refractivity contribution in [3.63, 3.8) is 0 Å². The van der Waals surface area contributed by atoms with Crippen LogP contribution in [0.4, 0.5) is 0 Å². The first-order chi connectivity index (χ1) is 12.1. The van der Waals surface area contributed by atoms with Gasteiger partial charge in [-0.1, -0.05) is 19.1 Å². The van der Waals surface area contributed by atoms with E-state index in [0.717, 1.165) is 25.1 Å². The summed E-state index contributed by atoms with van der Waals surface area (Å²) < 4.78 is 0. The van der Waals surface area contributed by atoms with Crippen LogP contribution >= 0.6 is 0 Å². The fourth-order valence-electron chi connectivity index (χ4n) is 3.19. The minimum atomic E-state index is -0.0340. The third-order valence-electron chi connectivity index (χ3n) is 4.70. The van der Waals surface area contributed by atoms with Crippen LogP contribution in [0.2, 0.25) is 0 Å². The molecule has 1 amide bonds. The maximum absolute atomic E-state index is 12.4. The van der Waals surface area contributed by atoms with Crippen molar-refractivity contribution < 1.29 is 4.79 Å². The molecule has 2 heterocycles. The summed E-state index contributed by atoms with van der Waals surface area (Å²) in [7, 11) is 0. The van der Waals surface area contributed by atoms with Gasteiger partial charge in [0.05, 0.1) is 6.04 Å². The van der Waals surface area contributed by atoms with Crippen LogP contribution in [0.15, 0.2) is 24.3 Å². The third-order valence-corrected chi connectivity index (χ3v) is 4.70. The minimum Gasteiger partial charge on any atom is -0.350 e. The van der Waals surface area contributed by atoms with E-state index in [0.29, 0.717) is 24.0 Å². The monoisotopic (exact) mass is 342 g/mol. The first kappa shape index (κ1) is 17.5. The van der Waals surface area contributed by atoms with Crippen LogP contribution in [-0.4, -0.2) is 56.7 Å². The SMILES string of the molecule is CCN1CCC[C@H]1CNC(=O)c1ccc(-c2nnn(C(C)C)n2)cc1. The molecule has 7 nitrogen and oxygen atoms in total. The van der Waals surface area contributed by atoms with Crippen molar-refractivity contribution in [1.82, 2.24) is 30.4 Å². The lowest BCUT2D eigenvalue weighted by Crippen LogP contribution is -2.40. The van der Waals surface area contributed by atoms with Crippen LogP contribution < -0.4 is 5.32 Å². The fourth-order valence-corrected chi connectivity index (χ4v) is 3.19. The number of carbonyl (C=O) groups excluding carboxylic acids is 1. The summed E-state index contributed by atoms with van der Waals surface area (Å²) in [6.45, 7) is 9.06. The van der Waals surface area contributed by atoms with E-state index in [1.807, 2.05) is 38.1 Å². The lowest BCUT2D eigenvalue weighted by molar-refractivity contribution is 0.0941. The Hall–Kier alpha value is -2.28.